The predicted molar refractivity (Wildman–Crippen MR) is 112 cm³/mol. The molecule has 2 aliphatic heterocycles. The van der Waals surface area contributed by atoms with E-state index in [1.165, 1.54) is 58.0 Å². The first-order chi connectivity index (χ1) is 13.8. The topological polar surface area (TPSA) is 48.5 Å². The van der Waals surface area contributed by atoms with E-state index in [0.29, 0.717) is 12.6 Å². The van der Waals surface area contributed by atoms with E-state index < -0.39 is 0 Å². The number of hydrogen-bond donors (Lipinski definition) is 1. The van der Waals surface area contributed by atoms with Crippen LogP contribution in [0.4, 0.5) is 0 Å². The zero-order chi connectivity index (χ0) is 19.2. The molecule has 0 aromatic carbocycles. The maximum atomic E-state index is 12.7. The number of likely N-dealkylation sites (tertiary alicyclic amines) is 2. The second kappa shape index (κ2) is 9.84. The molecular formula is C23H36N4O. The Morgan fingerprint density at radius 1 is 0.929 bits per heavy atom. The van der Waals surface area contributed by atoms with Crippen molar-refractivity contribution < 1.29 is 4.79 Å². The maximum Gasteiger partial charge on any atom is 0.224 e. The molecule has 0 radical (unpaired) electrons. The molecule has 1 atom stereocenters. The van der Waals surface area contributed by atoms with Gasteiger partial charge in [0.25, 0.3) is 0 Å². The Hall–Kier alpha value is -1.46. The molecule has 1 amide bonds. The molecule has 154 valence electrons. The first kappa shape index (κ1) is 19.8. The molecule has 3 heterocycles. The van der Waals surface area contributed by atoms with E-state index >= 15 is 0 Å². The predicted octanol–water partition coefficient (Wildman–Crippen LogP) is 3.21. The van der Waals surface area contributed by atoms with E-state index in [2.05, 4.69) is 20.1 Å². The molecule has 3 fully saturated rings. The molecule has 1 aromatic heterocycles. The van der Waals surface area contributed by atoms with Gasteiger partial charge in [-0.3, -0.25) is 14.7 Å². The number of pyridine rings is 1. The normalized spacial score (nSPS) is 26.2. The smallest absolute Gasteiger partial charge is 0.224 e. The van der Waals surface area contributed by atoms with Crippen molar-refractivity contribution in [3.05, 3.63) is 30.1 Å². The molecule has 28 heavy (non-hydrogen) atoms. The molecule has 1 aromatic rings. The van der Waals surface area contributed by atoms with Crippen LogP contribution in [0.1, 0.15) is 63.5 Å². The fourth-order valence-corrected chi connectivity index (χ4v) is 5.44. The molecule has 0 bridgehead atoms. The number of hydrogen-bond acceptors (Lipinski definition) is 4. The van der Waals surface area contributed by atoms with Gasteiger partial charge in [0.2, 0.25) is 5.91 Å². The van der Waals surface area contributed by atoms with Gasteiger partial charge in [-0.1, -0.05) is 25.3 Å². The molecular weight excluding hydrogens is 348 g/mol. The highest BCUT2D eigenvalue weighted by atomic mass is 16.1. The largest absolute Gasteiger partial charge is 0.350 e. The lowest BCUT2D eigenvalue weighted by molar-refractivity contribution is -0.127. The number of nitrogens with one attached hydrogen (secondary N) is 1. The summed E-state index contributed by atoms with van der Waals surface area (Å²) in [5, 5.41) is 3.11. The minimum absolute atomic E-state index is 0.133. The summed E-state index contributed by atoms with van der Waals surface area (Å²) in [4.78, 5) is 22.4. The number of nitrogens with zero attached hydrogens (tertiary/aromatic N) is 3. The molecule has 3 aliphatic rings. The van der Waals surface area contributed by atoms with E-state index in [4.69, 9.17) is 0 Å². The molecule has 1 N–H and O–H groups in total. The number of carbonyl (C=O) groups excluding carboxylic acids is 1. The molecule has 2 saturated heterocycles. The van der Waals surface area contributed by atoms with Gasteiger partial charge in [-0.05, 0) is 70.3 Å². The van der Waals surface area contributed by atoms with Gasteiger partial charge < -0.3 is 10.2 Å². The fraction of sp³-hybridized carbons (Fsp3) is 0.739. The number of carbonyl (C=O) groups is 1. The highest BCUT2D eigenvalue weighted by molar-refractivity contribution is 5.78. The number of piperidine rings is 2. The van der Waals surface area contributed by atoms with Crippen molar-refractivity contribution >= 4 is 5.91 Å². The second-order valence-corrected chi connectivity index (χ2v) is 8.93. The van der Waals surface area contributed by atoms with E-state index in [1.807, 2.05) is 18.2 Å². The highest BCUT2D eigenvalue weighted by Gasteiger charge is 2.33. The molecule has 5 heteroatoms. The molecule has 4 rings (SSSR count). The summed E-state index contributed by atoms with van der Waals surface area (Å²) in [6.45, 7) is 5.14. The van der Waals surface area contributed by atoms with Crippen molar-refractivity contribution in [2.75, 3.05) is 26.2 Å². The van der Waals surface area contributed by atoms with E-state index in [9.17, 15) is 4.79 Å². The van der Waals surface area contributed by atoms with Crippen molar-refractivity contribution in [1.82, 2.24) is 20.1 Å². The van der Waals surface area contributed by atoms with Crippen LogP contribution in [0.5, 0.6) is 0 Å². The Morgan fingerprint density at radius 2 is 1.71 bits per heavy atom. The average Bonchev–Trinajstić information content (AvgIpc) is 2.79. The van der Waals surface area contributed by atoms with Crippen LogP contribution in [0.2, 0.25) is 0 Å². The van der Waals surface area contributed by atoms with Gasteiger partial charge in [0.15, 0.2) is 0 Å². The van der Waals surface area contributed by atoms with Gasteiger partial charge in [-0.25, -0.2) is 0 Å². The summed E-state index contributed by atoms with van der Waals surface area (Å²) in [6.07, 6.45) is 13.6. The summed E-state index contributed by atoms with van der Waals surface area (Å²) >= 11 is 0. The zero-order valence-corrected chi connectivity index (χ0v) is 17.2. The SMILES string of the molecule is O=C(NCc1ccccn1)C1CCCN(C2CCN(C3CCCCC3)CC2)C1. The van der Waals surface area contributed by atoms with Gasteiger partial charge in [0.05, 0.1) is 18.2 Å². The third-order valence-electron chi connectivity index (χ3n) is 7.10. The van der Waals surface area contributed by atoms with Crippen LogP contribution >= 0.6 is 0 Å². The number of amides is 1. The monoisotopic (exact) mass is 384 g/mol. The van der Waals surface area contributed by atoms with Crippen LogP contribution in [-0.2, 0) is 11.3 Å². The van der Waals surface area contributed by atoms with Crippen LogP contribution in [0, 0.1) is 5.92 Å². The Balaban J connectivity index is 1.23. The van der Waals surface area contributed by atoms with Crippen LogP contribution in [0.3, 0.4) is 0 Å². The van der Waals surface area contributed by atoms with Crippen LogP contribution in [-0.4, -0.2) is 59.0 Å². The van der Waals surface area contributed by atoms with Crippen LogP contribution < -0.4 is 5.32 Å². The Kier molecular flexibility index (Phi) is 6.97. The maximum absolute atomic E-state index is 12.7. The first-order valence-corrected chi connectivity index (χ1v) is 11.5. The van der Waals surface area contributed by atoms with Crippen molar-refractivity contribution in [3.63, 3.8) is 0 Å². The van der Waals surface area contributed by atoms with Gasteiger partial charge in [-0.15, -0.1) is 0 Å². The second-order valence-electron chi connectivity index (χ2n) is 8.93. The Morgan fingerprint density at radius 3 is 2.46 bits per heavy atom. The molecule has 1 unspecified atom stereocenters. The van der Waals surface area contributed by atoms with E-state index in [0.717, 1.165) is 37.7 Å². The van der Waals surface area contributed by atoms with Gasteiger partial charge in [0.1, 0.15) is 0 Å². The zero-order valence-electron chi connectivity index (χ0n) is 17.2. The van der Waals surface area contributed by atoms with E-state index in [-0.39, 0.29) is 11.8 Å². The third kappa shape index (κ3) is 5.12. The first-order valence-electron chi connectivity index (χ1n) is 11.5. The summed E-state index contributed by atoms with van der Waals surface area (Å²) in [5.74, 6) is 0.337. The van der Waals surface area contributed by atoms with E-state index in [1.54, 1.807) is 6.20 Å². The van der Waals surface area contributed by atoms with Crippen molar-refractivity contribution in [2.24, 2.45) is 5.92 Å². The van der Waals surface area contributed by atoms with Crippen molar-refractivity contribution in [1.29, 1.82) is 0 Å². The fourth-order valence-electron chi connectivity index (χ4n) is 5.44. The summed E-state index contributed by atoms with van der Waals surface area (Å²) in [6, 6.07) is 7.36. The summed E-state index contributed by atoms with van der Waals surface area (Å²) < 4.78 is 0. The van der Waals surface area contributed by atoms with Crippen LogP contribution in [0.25, 0.3) is 0 Å². The molecule has 1 aliphatic carbocycles. The molecule has 1 saturated carbocycles. The minimum atomic E-state index is 0.133. The minimum Gasteiger partial charge on any atom is -0.350 e. The highest BCUT2D eigenvalue weighted by Crippen LogP contribution is 2.28. The summed E-state index contributed by atoms with van der Waals surface area (Å²) in [5.41, 5.74) is 0.929. The lowest BCUT2D eigenvalue weighted by Crippen LogP contribution is -2.52. The van der Waals surface area contributed by atoms with Crippen molar-refractivity contribution in [2.45, 2.75) is 76.4 Å². The van der Waals surface area contributed by atoms with Gasteiger partial charge in [0, 0.05) is 24.8 Å². The Bertz CT molecular complexity index is 608. The number of rotatable bonds is 5. The van der Waals surface area contributed by atoms with Gasteiger partial charge in [-0.2, -0.15) is 0 Å². The standard InChI is InChI=1S/C23H36N4O/c28-23(25-17-20-8-4-5-13-24-20)19-7-6-14-27(18-19)22-11-15-26(16-12-22)21-9-2-1-3-10-21/h4-5,8,13,19,21-22H,1-3,6-7,9-12,14-18H2,(H,25,28). The molecule has 5 nitrogen and oxygen atoms in total. The number of aromatic nitrogens is 1. The summed E-state index contributed by atoms with van der Waals surface area (Å²) in [7, 11) is 0. The van der Waals surface area contributed by atoms with Crippen LogP contribution in [0.15, 0.2) is 24.4 Å². The lowest BCUT2D eigenvalue weighted by atomic mass is 9.90. The average molecular weight is 385 g/mol. The Labute approximate surface area is 169 Å². The third-order valence-corrected chi connectivity index (χ3v) is 7.10. The van der Waals surface area contributed by atoms with Gasteiger partial charge >= 0.3 is 0 Å². The van der Waals surface area contributed by atoms with Crippen molar-refractivity contribution in [3.8, 4) is 0 Å². The molecule has 0 spiro atoms. The quantitative estimate of drug-likeness (QED) is 0.847. The lowest BCUT2D eigenvalue weighted by Gasteiger charge is -2.44.